The van der Waals surface area contributed by atoms with Gasteiger partial charge in [0.15, 0.2) is 0 Å². The molecule has 21 heavy (non-hydrogen) atoms. The number of nitrogens with one attached hydrogen (secondary N) is 1. The first-order valence-electron chi connectivity index (χ1n) is 6.67. The number of nitrogens with two attached hydrogens (primary N) is 1. The van der Waals surface area contributed by atoms with Gasteiger partial charge in [-0.3, -0.25) is 9.48 Å². The van der Waals surface area contributed by atoms with Crippen LogP contribution in [0.25, 0.3) is 0 Å². The maximum absolute atomic E-state index is 12.3. The van der Waals surface area contributed by atoms with Crippen molar-refractivity contribution in [3.63, 3.8) is 0 Å². The highest BCUT2D eigenvalue weighted by Gasteiger charge is 2.17. The Balaban J connectivity index is 2.16. The van der Waals surface area contributed by atoms with Crippen LogP contribution < -0.4 is 15.8 Å². The van der Waals surface area contributed by atoms with E-state index >= 15 is 0 Å². The molecule has 0 saturated heterocycles. The minimum Gasteiger partial charge on any atom is -0.497 e. The monoisotopic (exact) mass is 288 g/mol. The third kappa shape index (κ3) is 2.99. The maximum atomic E-state index is 12.3. The van der Waals surface area contributed by atoms with Crippen LogP contribution >= 0.6 is 0 Å². The van der Waals surface area contributed by atoms with Gasteiger partial charge in [0.1, 0.15) is 5.75 Å². The molecule has 1 amide bonds. The van der Waals surface area contributed by atoms with E-state index in [0.717, 1.165) is 11.3 Å². The van der Waals surface area contributed by atoms with Gasteiger partial charge >= 0.3 is 0 Å². The van der Waals surface area contributed by atoms with Crippen LogP contribution in [0.1, 0.15) is 34.6 Å². The van der Waals surface area contributed by atoms with Gasteiger partial charge in [0.05, 0.1) is 24.9 Å². The number of nitrogens with zero attached hydrogens (tertiary/aromatic N) is 2. The fourth-order valence-electron chi connectivity index (χ4n) is 2.17. The Morgan fingerprint density at radius 2 is 2.19 bits per heavy atom. The second kappa shape index (κ2) is 5.87. The molecule has 6 nitrogen and oxygen atoms in total. The van der Waals surface area contributed by atoms with E-state index in [1.807, 2.05) is 20.9 Å². The third-order valence-electron chi connectivity index (χ3n) is 3.59. The number of anilines is 1. The molecule has 0 fully saturated rings. The van der Waals surface area contributed by atoms with Crippen molar-refractivity contribution < 1.29 is 9.53 Å². The minimum atomic E-state index is -0.217. The number of carbonyl (C=O) groups is 1. The first-order valence-corrected chi connectivity index (χ1v) is 6.67. The van der Waals surface area contributed by atoms with Crippen molar-refractivity contribution in [2.45, 2.75) is 19.9 Å². The molecule has 112 valence electrons. The van der Waals surface area contributed by atoms with Crippen molar-refractivity contribution >= 4 is 11.6 Å². The first kappa shape index (κ1) is 14.9. The van der Waals surface area contributed by atoms with Crippen LogP contribution in [0.4, 0.5) is 5.69 Å². The Kier molecular flexibility index (Phi) is 4.16. The number of ether oxygens (including phenoxy) is 1. The second-order valence-corrected chi connectivity index (χ2v) is 4.96. The molecule has 2 rings (SSSR count). The van der Waals surface area contributed by atoms with Crippen LogP contribution in [0.2, 0.25) is 0 Å². The number of hydrogen-bond donors (Lipinski definition) is 2. The predicted molar refractivity (Wildman–Crippen MR) is 81.2 cm³/mol. The zero-order valence-corrected chi connectivity index (χ0v) is 12.7. The van der Waals surface area contributed by atoms with E-state index in [4.69, 9.17) is 10.5 Å². The highest BCUT2D eigenvalue weighted by molar-refractivity contribution is 5.99. The Morgan fingerprint density at radius 1 is 1.48 bits per heavy atom. The molecular weight excluding hydrogens is 268 g/mol. The summed E-state index contributed by atoms with van der Waals surface area (Å²) in [4.78, 5) is 12.3. The van der Waals surface area contributed by atoms with Gasteiger partial charge in [-0.15, -0.1) is 0 Å². The van der Waals surface area contributed by atoms with Crippen molar-refractivity contribution in [3.05, 3.63) is 41.2 Å². The van der Waals surface area contributed by atoms with Gasteiger partial charge in [-0.25, -0.2) is 0 Å². The zero-order valence-electron chi connectivity index (χ0n) is 12.7. The minimum absolute atomic E-state index is 0.146. The van der Waals surface area contributed by atoms with Crippen LogP contribution in [0.3, 0.4) is 0 Å². The average Bonchev–Trinajstić information content (AvgIpc) is 2.78. The summed E-state index contributed by atoms with van der Waals surface area (Å²) in [7, 11) is 3.43. The number of aromatic nitrogens is 2. The van der Waals surface area contributed by atoms with Gasteiger partial charge in [0.2, 0.25) is 0 Å². The third-order valence-corrected chi connectivity index (χ3v) is 3.59. The van der Waals surface area contributed by atoms with Crippen LogP contribution in [0.15, 0.2) is 24.4 Å². The largest absolute Gasteiger partial charge is 0.497 e. The van der Waals surface area contributed by atoms with Crippen molar-refractivity contribution in [1.29, 1.82) is 0 Å². The Hall–Kier alpha value is -2.50. The molecule has 1 aromatic heterocycles. The Labute approximate surface area is 123 Å². The van der Waals surface area contributed by atoms with Crippen LogP contribution in [0.5, 0.6) is 5.75 Å². The van der Waals surface area contributed by atoms with Crippen LogP contribution in [0, 0.1) is 6.92 Å². The number of amides is 1. The molecule has 0 spiro atoms. The summed E-state index contributed by atoms with van der Waals surface area (Å²) in [6.45, 7) is 3.88. The summed E-state index contributed by atoms with van der Waals surface area (Å²) >= 11 is 0. The van der Waals surface area contributed by atoms with Crippen molar-refractivity contribution in [1.82, 2.24) is 15.1 Å². The zero-order chi connectivity index (χ0) is 15.6. The van der Waals surface area contributed by atoms with E-state index in [1.54, 1.807) is 36.2 Å². The summed E-state index contributed by atoms with van der Waals surface area (Å²) < 4.78 is 6.85. The molecule has 0 radical (unpaired) electrons. The number of rotatable bonds is 4. The molecule has 0 bridgehead atoms. The van der Waals surface area contributed by atoms with E-state index in [1.165, 1.54) is 0 Å². The fourth-order valence-corrected chi connectivity index (χ4v) is 2.17. The quantitative estimate of drug-likeness (QED) is 0.841. The standard InChI is InChI=1S/C15H20N4O2/c1-9(13-8-17-19(3)10(13)2)18-15(20)12-6-5-11(21-4)7-14(12)16/h5-9H,16H2,1-4H3,(H,18,20). The molecule has 0 aliphatic heterocycles. The number of methoxy groups -OCH3 is 1. The molecular formula is C15H20N4O2. The number of carbonyl (C=O) groups excluding carboxylic acids is 1. The average molecular weight is 288 g/mol. The number of hydrogen-bond acceptors (Lipinski definition) is 4. The van der Waals surface area contributed by atoms with Gasteiger partial charge in [0, 0.05) is 30.1 Å². The molecule has 1 atom stereocenters. The summed E-state index contributed by atoms with van der Waals surface area (Å²) in [6, 6.07) is 4.86. The highest BCUT2D eigenvalue weighted by atomic mass is 16.5. The summed E-state index contributed by atoms with van der Waals surface area (Å²) in [5.41, 5.74) is 8.72. The predicted octanol–water partition coefficient (Wildman–Crippen LogP) is 1.81. The lowest BCUT2D eigenvalue weighted by atomic mass is 10.1. The lowest BCUT2D eigenvalue weighted by Gasteiger charge is -2.15. The van der Waals surface area contributed by atoms with E-state index in [-0.39, 0.29) is 11.9 Å². The summed E-state index contributed by atoms with van der Waals surface area (Å²) in [6.07, 6.45) is 1.76. The van der Waals surface area contributed by atoms with E-state index in [2.05, 4.69) is 10.4 Å². The molecule has 1 aromatic carbocycles. The second-order valence-electron chi connectivity index (χ2n) is 4.96. The topological polar surface area (TPSA) is 82.2 Å². The first-order chi connectivity index (χ1) is 9.93. The van der Waals surface area contributed by atoms with Gasteiger partial charge in [-0.05, 0) is 26.0 Å². The lowest BCUT2D eigenvalue weighted by Crippen LogP contribution is -2.27. The molecule has 6 heteroatoms. The van der Waals surface area contributed by atoms with Gasteiger partial charge < -0.3 is 15.8 Å². The Bertz CT molecular complexity index is 664. The fraction of sp³-hybridized carbons (Fsp3) is 0.333. The number of benzene rings is 1. The normalized spacial score (nSPS) is 12.0. The van der Waals surface area contributed by atoms with Crippen molar-refractivity contribution in [2.24, 2.45) is 7.05 Å². The molecule has 2 aromatic rings. The molecule has 0 aliphatic rings. The summed E-state index contributed by atoms with van der Waals surface area (Å²) in [5, 5.41) is 7.11. The van der Waals surface area contributed by atoms with Crippen LogP contribution in [-0.4, -0.2) is 22.8 Å². The molecule has 0 saturated carbocycles. The number of aryl methyl sites for hydroxylation is 1. The van der Waals surface area contributed by atoms with Gasteiger partial charge in [-0.2, -0.15) is 5.10 Å². The van der Waals surface area contributed by atoms with Crippen molar-refractivity contribution in [3.8, 4) is 5.75 Å². The van der Waals surface area contributed by atoms with Crippen LogP contribution in [-0.2, 0) is 7.05 Å². The highest BCUT2D eigenvalue weighted by Crippen LogP contribution is 2.21. The molecule has 1 unspecified atom stereocenters. The maximum Gasteiger partial charge on any atom is 0.253 e. The van der Waals surface area contributed by atoms with Crippen molar-refractivity contribution in [2.75, 3.05) is 12.8 Å². The molecule has 0 aliphatic carbocycles. The van der Waals surface area contributed by atoms with Gasteiger partial charge in [-0.1, -0.05) is 0 Å². The SMILES string of the molecule is COc1ccc(C(=O)NC(C)c2cnn(C)c2C)c(N)c1. The molecule has 1 heterocycles. The van der Waals surface area contributed by atoms with E-state index < -0.39 is 0 Å². The Morgan fingerprint density at radius 3 is 2.71 bits per heavy atom. The molecule has 3 N–H and O–H groups in total. The smallest absolute Gasteiger partial charge is 0.253 e. The number of nitrogen functional groups attached to an aromatic ring is 1. The van der Waals surface area contributed by atoms with E-state index in [0.29, 0.717) is 17.0 Å². The lowest BCUT2D eigenvalue weighted by molar-refractivity contribution is 0.0940. The summed E-state index contributed by atoms with van der Waals surface area (Å²) in [5.74, 6) is 0.408. The van der Waals surface area contributed by atoms with Gasteiger partial charge in [0.25, 0.3) is 5.91 Å². The van der Waals surface area contributed by atoms with E-state index in [9.17, 15) is 4.79 Å².